The van der Waals surface area contributed by atoms with Gasteiger partial charge >= 0.3 is 0 Å². The first kappa shape index (κ1) is 9.25. The molecule has 0 amide bonds. The lowest BCUT2D eigenvalue weighted by atomic mass is 10.2. The smallest absolute Gasteiger partial charge is 0.221 e. The number of hydrogen-bond acceptors (Lipinski definition) is 1. The predicted octanol–water partition coefficient (Wildman–Crippen LogP) is 2.55. The summed E-state index contributed by atoms with van der Waals surface area (Å²) >= 11 is 10.7. The number of alkyl halides is 1. The van der Waals surface area contributed by atoms with Crippen molar-refractivity contribution >= 4 is 28.4 Å². The Morgan fingerprint density at radius 2 is 2.22 bits per heavy atom. The van der Waals surface area contributed by atoms with Gasteiger partial charge in [0.25, 0.3) is 0 Å². The maximum absolute atomic E-state index is 10.1. The van der Waals surface area contributed by atoms with Crippen LogP contribution >= 0.6 is 23.2 Å². The lowest BCUT2D eigenvalue weighted by molar-refractivity contribution is -0.111. The lowest BCUT2D eigenvalue weighted by Crippen LogP contribution is -1.92. The average Bonchev–Trinajstić information content (AvgIpc) is 1.63. The molecule has 0 rings (SSSR count). The molecule has 0 bridgehead atoms. The Balaban J connectivity index is 3.01. The van der Waals surface area contributed by atoms with Gasteiger partial charge in [0.15, 0.2) is 0 Å². The van der Waals surface area contributed by atoms with Gasteiger partial charge in [0.2, 0.25) is 5.24 Å². The highest BCUT2D eigenvalue weighted by molar-refractivity contribution is 6.63. The van der Waals surface area contributed by atoms with Gasteiger partial charge in [-0.1, -0.05) is 0 Å². The summed E-state index contributed by atoms with van der Waals surface area (Å²) in [5, 5.41) is -0.117. The van der Waals surface area contributed by atoms with Gasteiger partial charge in [-0.05, 0) is 31.4 Å². The van der Waals surface area contributed by atoms with Gasteiger partial charge in [-0.2, -0.15) is 0 Å². The van der Waals surface area contributed by atoms with Crippen molar-refractivity contribution in [2.24, 2.45) is 0 Å². The quantitative estimate of drug-likeness (QED) is 0.466. The Hall–Kier alpha value is 0.250. The van der Waals surface area contributed by atoms with Gasteiger partial charge in [-0.25, -0.2) is 0 Å². The Kier molecular flexibility index (Phi) is 5.21. The van der Waals surface area contributed by atoms with Crippen LogP contribution in [0.15, 0.2) is 0 Å². The minimum Gasteiger partial charge on any atom is -0.281 e. The van der Waals surface area contributed by atoms with Crippen molar-refractivity contribution in [1.82, 2.24) is 0 Å². The monoisotopic (exact) mass is 168 g/mol. The molecule has 0 N–H and O–H groups in total. The number of halogens is 2. The van der Waals surface area contributed by atoms with E-state index in [9.17, 15) is 4.79 Å². The fourth-order valence-electron chi connectivity index (χ4n) is 0.522. The number of carbonyl (C=O) groups excluding carboxylic acids is 1. The van der Waals surface area contributed by atoms with Crippen LogP contribution in [0.4, 0.5) is 0 Å². The molecule has 0 radical (unpaired) electrons. The van der Waals surface area contributed by atoms with Crippen LogP contribution in [0.25, 0.3) is 0 Å². The first-order valence-electron chi connectivity index (χ1n) is 2.95. The molecule has 1 unspecified atom stereocenters. The second kappa shape index (κ2) is 5.07. The highest BCUT2D eigenvalue weighted by atomic mass is 35.5. The van der Waals surface area contributed by atoms with Crippen molar-refractivity contribution in [2.75, 3.05) is 0 Å². The van der Waals surface area contributed by atoms with E-state index < -0.39 is 0 Å². The van der Waals surface area contributed by atoms with Gasteiger partial charge < -0.3 is 0 Å². The highest BCUT2D eigenvalue weighted by Crippen LogP contribution is 2.06. The lowest BCUT2D eigenvalue weighted by Gasteiger charge is -1.97. The van der Waals surface area contributed by atoms with Crippen molar-refractivity contribution in [3.8, 4) is 0 Å². The number of carbonyl (C=O) groups is 1. The molecular weight excluding hydrogens is 159 g/mol. The van der Waals surface area contributed by atoms with Crippen LogP contribution in [0, 0.1) is 0 Å². The molecule has 0 heterocycles. The first-order valence-corrected chi connectivity index (χ1v) is 3.76. The second-order valence-corrected chi connectivity index (χ2v) is 3.19. The molecule has 0 saturated carbocycles. The van der Waals surface area contributed by atoms with Crippen LogP contribution in [-0.2, 0) is 4.79 Å². The summed E-state index contributed by atoms with van der Waals surface area (Å²) in [7, 11) is 0. The van der Waals surface area contributed by atoms with E-state index in [-0.39, 0.29) is 10.6 Å². The molecule has 0 aliphatic carbocycles. The van der Waals surface area contributed by atoms with E-state index in [0.29, 0.717) is 6.42 Å². The van der Waals surface area contributed by atoms with E-state index in [1.54, 1.807) is 0 Å². The van der Waals surface area contributed by atoms with E-state index in [1.165, 1.54) is 0 Å². The van der Waals surface area contributed by atoms with Gasteiger partial charge in [0.1, 0.15) is 0 Å². The summed E-state index contributed by atoms with van der Waals surface area (Å²) < 4.78 is 0. The van der Waals surface area contributed by atoms with E-state index in [1.807, 2.05) is 6.92 Å². The number of hydrogen-bond donors (Lipinski definition) is 0. The molecular formula is C6H10Cl2O. The van der Waals surface area contributed by atoms with Crippen LogP contribution in [0.1, 0.15) is 26.2 Å². The molecule has 0 aromatic carbocycles. The van der Waals surface area contributed by atoms with E-state index in [0.717, 1.165) is 12.8 Å². The molecule has 0 aliphatic rings. The Morgan fingerprint density at radius 3 is 2.56 bits per heavy atom. The Morgan fingerprint density at radius 1 is 1.67 bits per heavy atom. The van der Waals surface area contributed by atoms with Crippen LogP contribution < -0.4 is 0 Å². The normalized spacial score (nSPS) is 13.2. The standard InChI is InChI=1S/C6H10Cl2O/c1-5(7)3-2-4-6(8)9/h5H,2-4H2,1H3. The number of rotatable bonds is 4. The third-order valence-electron chi connectivity index (χ3n) is 0.975. The van der Waals surface area contributed by atoms with Gasteiger partial charge in [-0.15, -0.1) is 11.6 Å². The predicted molar refractivity (Wildman–Crippen MR) is 40.0 cm³/mol. The summed E-state index contributed by atoms with van der Waals surface area (Å²) in [5.74, 6) is 0. The van der Waals surface area contributed by atoms with Crippen molar-refractivity contribution in [3.63, 3.8) is 0 Å². The third kappa shape index (κ3) is 8.25. The fraction of sp³-hybridized carbons (Fsp3) is 0.833. The SMILES string of the molecule is CC(Cl)CCCC(=O)Cl. The van der Waals surface area contributed by atoms with Crippen LogP contribution in [-0.4, -0.2) is 10.6 Å². The zero-order chi connectivity index (χ0) is 7.28. The third-order valence-corrected chi connectivity index (χ3v) is 1.38. The molecule has 0 spiro atoms. The van der Waals surface area contributed by atoms with E-state index >= 15 is 0 Å². The molecule has 9 heavy (non-hydrogen) atoms. The average molecular weight is 169 g/mol. The van der Waals surface area contributed by atoms with Crippen LogP contribution in [0.2, 0.25) is 0 Å². The molecule has 0 aliphatic heterocycles. The Labute approximate surface area is 65.3 Å². The summed E-state index contributed by atoms with van der Waals surface area (Å²) in [6.45, 7) is 1.90. The van der Waals surface area contributed by atoms with E-state index in [2.05, 4.69) is 0 Å². The van der Waals surface area contributed by atoms with Gasteiger partial charge in [0.05, 0.1) is 0 Å². The second-order valence-electron chi connectivity index (χ2n) is 2.03. The van der Waals surface area contributed by atoms with Crippen LogP contribution in [0.3, 0.4) is 0 Å². The molecule has 0 aromatic rings. The van der Waals surface area contributed by atoms with Crippen molar-refractivity contribution in [1.29, 1.82) is 0 Å². The summed E-state index contributed by atoms with van der Waals surface area (Å²) in [6.07, 6.45) is 2.10. The minimum absolute atomic E-state index is 0.154. The molecule has 3 heteroatoms. The fourth-order valence-corrected chi connectivity index (χ4v) is 0.810. The Bertz CT molecular complexity index is 91.1. The molecule has 54 valence electrons. The summed E-state index contributed by atoms with van der Waals surface area (Å²) in [5.41, 5.74) is 0. The van der Waals surface area contributed by atoms with E-state index in [4.69, 9.17) is 23.2 Å². The van der Waals surface area contributed by atoms with Gasteiger partial charge in [0, 0.05) is 11.8 Å². The van der Waals surface area contributed by atoms with Crippen molar-refractivity contribution in [2.45, 2.75) is 31.6 Å². The molecule has 0 saturated heterocycles. The van der Waals surface area contributed by atoms with Crippen LogP contribution in [0.5, 0.6) is 0 Å². The highest BCUT2D eigenvalue weighted by Gasteiger charge is 1.98. The zero-order valence-corrected chi connectivity index (χ0v) is 6.87. The molecule has 0 aromatic heterocycles. The first-order chi connectivity index (χ1) is 4.13. The minimum atomic E-state index is -0.271. The maximum Gasteiger partial charge on any atom is 0.221 e. The summed E-state index contributed by atoms with van der Waals surface area (Å²) in [6, 6.07) is 0. The zero-order valence-electron chi connectivity index (χ0n) is 5.36. The van der Waals surface area contributed by atoms with Crippen molar-refractivity contribution in [3.05, 3.63) is 0 Å². The maximum atomic E-state index is 10.1. The van der Waals surface area contributed by atoms with Crippen molar-refractivity contribution < 1.29 is 4.79 Å². The molecule has 1 nitrogen and oxygen atoms in total. The largest absolute Gasteiger partial charge is 0.281 e. The summed E-state index contributed by atoms with van der Waals surface area (Å²) in [4.78, 5) is 10.1. The molecule has 0 fully saturated rings. The topological polar surface area (TPSA) is 17.1 Å². The molecule has 1 atom stereocenters. The van der Waals surface area contributed by atoms with Gasteiger partial charge in [-0.3, -0.25) is 4.79 Å².